The van der Waals surface area contributed by atoms with Crippen LogP contribution in [0.4, 0.5) is 17.1 Å². The maximum atomic E-state index is 13.8. The second-order valence-corrected chi connectivity index (χ2v) is 9.42. The number of nitro benzene ring substituents is 1. The highest BCUT2D eigenvalue weighted by atomic mass is 35.5. The van der Waals surface area contributed by atoms with Crippen molar-refractivity contribution in [2.45, 2.75) is 38.1 Å². The number of carbonyl (C=O) groups is 2. The van der Waals surface area contributed by atoms with Crippen LogP contribution in [0, 0.1) is 10.1 Å². The third kappa shape index (κ3) is 4.27. The number of non-ortho nitro benzene ring substituents is 1. The highest BCUT2D eigenvalue weighted by molar-refractivity contribution is 6.30. The molecule has 3 aromatic carbocycles. The molecular formula is C28H24ClN3O4. The van der Waals surface area contributed by atoms with Crippen molar-refractivity contribution in [2.24, 2.45) is 0 Å². The number of amides is 1. The molecule has 0 spiro atoms. The zero-order chi connectivity index (χ0) is 25.4. The van der Waals surface area contributed by atoms with Crippen molar-refractivity contribution in [3.8, 4) is 0 Å². The average Bonchev–Trinajstić information content (AvgIpc) is 3.03. The van der Waals surface area contributed by atoms with Gasteiger partial charge in [0.1, 0.15) is 0 Å². The zero-order valence-electron chi connectivity index (χ0n) is 19.6. The van der Waals surface area contributed by atoms with Gasteiger partial charge in [-0.3, -0.25) is 24.6 Å². The number of nitro groups is 1. The van der Waals surface area contributed by atoms with E-state index in [-0.39, 0.29) is 36.1 Å². The number of hydrogen-bond acceptors (Lipinski definition) is 5. The number of nitrogens with one attached hydrogen (secondary N) is 1. The Labute approximate surface area is 213 Å². The molecule has 1 aliphatic carbocycles. The van der Waals surface area contributed by atoms with E-state index in [1.165, 1.54) is 12.1 Å². The molecule has 1 aliphatic heterocycles. The van der Waals surface area contributed by atoms with E-state index in [0.29, 0.717) is 34.0 Å². The molecule has 0 radical (unpaired) electrons. The van der Waals surface area contributed by atoms with E-state index in [2.05, 4.69) is 5.32 Å². The number of hydrogen-bond donors (Lipinski definition) is 1. The third-order valence-corrected chi connectivity index (χ3v) is 7.05. The first-order chi connectivity index (χ1) is 17.4. The van der Waals surface area contributed by atoms with Crippen molar-refractivity contribution < 1.29 is 14.5 Å². The van der Waals surface area contributed by atoms with E-state index in [4.69, 9.17) is 11.6 Å². The quantitative estimate of drug-likeness (QED) is 0.323. The Morgan fingerprint density at radius 3 is 2.53 bits per heavy atom. The largest absolute Gasteiger partial charge is 0.357 e. The van der Waals surface area contributed by atoms with Gasteiger partial charge >= 0.3 is 0 Å². The van der Waals surface area contributed by atoms with Crippen LogP contribution in [0.3, 0.4) is 0 Å². The summed E-state index contributed by atoms with van der Waals surface area (Å²) in [6, 6.07) is 20.3. The lowest BCUT2D eigenvalue weighted by atomic mass is 9.78. The second-order valence-electron chi connectivity index (χ2n) is 8.99. The van der Waals surface area contributed by atoms with Gasteiger partial charge in [0.25, 0.3) is 5.69 Å². The number of Topliss-reactive ketones (excluding diaryl/α,β-unsaturated/α-hetero) is 1. The van der Waals surface area contributed by atoms with Gasteiger partial charge in [-0.25, -0.2) is 0 Å². The predicted molar refractivity (Wildman–Crippen MR) is 139 cm³/mol. The Kier molecular flexibility index (Phi) is 6.33. The van der Waals surface area contributed by atoms with E-state index >= 15 is 0 Å². The van der Waals surface area contributed by atoms with Gasteiger partial charge in [-0.15, -0.1) is 0 Å². The number of carbonyl (C=O) groups excluding carboxylic acids is 2. The Bertz CT molecular complexity index is 1400. The summed E-state index contributed by atoms with van der Waals surface area (Å²) in [4.78, 5) is 40.0. The topological polar surface area (TPSA) is 92.6 Å². The maximum Gasteiger partial charge on any atom is 0.269 e. The highest BCUT2D eigenvalue weighted by Gasteiger charge is 2.41. The zero-order valence-corrected chi connectivity index (χ0v) is 20.4. The molecule has 1 heterocycles. The monoisotopic (exact) mass is 501 g/mol. The average molecular weight is 502 g/mol. The van der Waals surface area contributed by atoms with Crippen molar-refractivity contribution in [1.29, 1.82) is 0 Å². The van der Waals surface area contributed by atoms with Crippen LogP contribution >= 0.6 is 11.6 Å². The van der Waals surface area contributed by atoms with Gasteiger partial charge in [-0.1, -0.05) is 54.9 Å². The van der Waals surface area contributed by atoms with Crippen LogP contribution in [-0.4, -0.2) is 16.6 Å². The summed E-state index contributed by atoms with van der Waals surface area (Å²) in [6.07, 6.45) is 1.03. The van der Waals surface area contributed by atoms with E-state index in [1.54, 1.807) is 24.0 Å². The van der Waals surface area contributed by atoms with Gasteiger partial charge in [-0.2, -0.15) is 0 Å². The van der Waals surface area contributed by atoms with Crippen LogP contribution in [-0.2, 0) is 9.59 Å². The van der Waals surface area contributed by atoms with Crippen LogP contribution in [0.1, 0.15) is 49.3 Å². The van der Waals surface area contributed by atoms with Crippen LogP contribution in [0.15, 0.2) is 84.1 Å². The van der Waals surface area contributed by atoms with E-state index in [9.17, 15) is 19.7 Å². The van der Waals surface area contributed by atoms with Gasteiger partial charge in [0.15, 0.2) is 5.78 Å². The van der Waals surface area contributed by atoms with E-state index < -0.39 is 11.0 Å². The molecule has 1 N–H and O–H groups in total. The fourth-order valence-electron chi connectivity index (χ4n) is 5.13. The van der Waals surface area contributed by atoms with Crippen molar-refractivity contribution in [2.75, 3.05) is 10.2 Å². The lowest BCUT2D eigenvalue weighted by Gasteiger charge is -2.35. The first-order valence-corrected chi connectivity index (χ1v) is 12.2. The summed E-state index contributed by atoms with van der Waals surface area (Å²) >= 11 is 6.08. The first-order valence-electron chi connectivity index (χ1n) is 11.8. The Morgan fingerprint density at radius 1 is 1.06 bits per heavy atom. The van der Waals surface area contributed by atoms with Crippen molar-refractivity contribution >= 4 is 40.4 Å². The van der Waals surface area contributed by atoms with Crippen LogP contribution in [0.2, 0.25) is 5.02 Å². The van der Waals surface area contributed by atoms with Crippen molar-refractivity contribution in [3.05, 3.63) is 110 Å². The number of fused-ring (bicyclic) bond motifs is 1. The number of nitrogens with zero attached hydrogens (tertiary/aromatic N) is 2. The standard InChI is InChI=1S/C28H24ClN3O4/c1-2-26(34)31-24-9-4-3-8-22(24)30-23-15-19(17-10-12-20(29)13-11-17)16-25(33)27(23)28(31)18-6-5-7-21(14-18)32(35)36/h3-14,19,28,30H,2,15-16H2,1H3/t19-,28-/m0/s1. The molecule has 0 fully saturated rings. The number of benzene rings is 3. The molecule has 1 amide bonds. The molecule has 8 heteroatoms. The van der Waals surface area contributed by atoms with Crippen LogP contribution < -0.4 is 10.2 Å². The molecule has 0 unspecified atom stereocenters. The van der Waals surface area contributed by atoms with Crippen LogP contribution in [0.5, 0.6) is 0 Å². The molecule has 0 bridgehead atoms. The summed E-state index contributed by atoms with van der Waals surface area (Å²) in [5.41, 5.74) is 3.98. The van der Waals surface area contributed by atoms with E-state index in [1.807, 2.05) is 48.5 Å². The SMILES string of the molecule is CCC(=O)N1c2ccccc2NC2=C(C(=O)C[C@@H](c3ccc(Cl)cc3)C2)[C@@H]1c1cccc([N+](=O)[O-])c1. The summed E-state index contributed by atoms with van der Waals surface area (Å²) in [7, 11) is 0. The lowest BCUT2D eigenvalue weighted by Crippen LogP contribution is -2.38. The van der Waals surface area contributed by atoms with Gasteiger partial charge in [0.2, 0.25) is 5.91 Å². The second kappa shape index (κ2) is 9.59. The Hall–Kier alpha value is -3.97. The fraction of sp³-hybridized carbons (Fsp3) is 0.214. The molecule has 2 aliphatic rings. The lowest BCUT2D eigenvalue weighted by molar-refractivity contribution is -0.384. The maximum absolute atomic E-state index is 13.8. The number of allylic oxidation sites excluding steroid dienone is 1. The molecule has 36 heavy (non-hydrogen) atoms. The van der Waals surface area contributed by atoms with Gasteiger partial charge in [0.05, 0.1) is 22.3 Å². The molecule has 182 valence electrons. The van der Waals surface area contributed by atoms with Gasteiger partial charge < -0.3 is 5.32 Å². The minimum atomic E-state index is -0.790. The van der Waals surface area contributed by atoms with Crippen molar-refractivity contribution in [1.82, 2.24) is 0 Å². The minimum Gasteiger partial charge on any atom is -0.357 e. The molecule has 3 aromatic rings. The number of para-hydroxylation sites is 2. The fourth-order valence-corrected chi connectivity index (χ4v) is 5.26. The molecule has 2 atom stereocenters. The molecule has 0 saturated heterocycles. The van der Waals surface area contributed by atoms with Gasteiger partial charge in [0, 0.05) is 41.3 Å². The first kappa shape index (κ1) is 23.8. The third-order valence-electron chi connectivity index (χ3n) is 6.80. The minimum absolute atomic E-state index is 0.0626. The molecule has 7 nitrogen and oxygen atoms in total. The summed E-state index contributed by atoms with van der Waals surface area (Å²) in [5, 5.41) is 15.6. The Morgan fingerprint density at radius 2 is 1.81 bits per heavy atom. The van der Waals surface area contributed by atoms with Crippen LogP contribution in [0.25, 0.3) is 0 Å². The molecular weight excluding hydrogens is 478 g/mol. The number of rotatable bonds is 4. The number of halogens is 1. The summed E-state index contributed by atoms with van der Waals surface area (Å²) in [6.45, 7) is 1.77. The Balaban J connectivity index is 1.72. The summed E-state index contributed by atoms with van der Waals surface area (Å²) < 4.78 is 0. The molecule has 5 rings (SSSR count). The smallest absolute Gasteiger partial charge is 0.269 e. The number of ketones is 1. The van der Waals surface area contributed by atoms with E-state index in [0.717, 1.165) is 11.3 Å². The highest BCUT2D eigenvalue weighted by Crippen LogP contribution is 2.47. The normalized spacial score (nSPS) is 19.2. The predicted octanol–water partition coefficient (Wildman–Crippen LogP) is 6.56. The van der Waals surface area contributed by atoms with Crippen molar-refractivity contribution in [3.63, 3.8) is 0 Å². The number of anilines is 2. The van der Waals surface area contributed by atoms with Gasteiger partial charge in [-0.05, 0) is 47.7 Å². The summed E-state index contributed by atoms with van der Waals surface area (Å²) in [5.74, 6) is -0.337. The molecule has 0 aromatic heterocycles. The molecule has 0 saturated carbocycles.